The van der Waals surface area contributed by atoms with Crippen LogP contribution >= 0.6 is 11.6 Å². The van der Waals surface area contributed by atoms with Crippen LogP contribution in [-0.2, 0) is 16.0 Å². The first-order valence-electron chi connectivity index (χ1n) is 8.26. The SMILES string of the molecule is CCc1ccc(N2C(=O)C(Cl)=C(NC3CCCCC3)C2=O)cc1. The summed E-state index contributed by atoms with van der Waals surface area (Å²) in [4.78, 5) is 26.2. The topological polar surface area (TPSA) is 49.4 Å². The monoisotopic (exact) mass is 332 g/mol. The van der Waals surface area contributed by atoms with Crippen molar-refractivity contribution in [1.29, 1.82) is 0 Å². The molecule has 0 unspecified atom stereocenters. The summed E-state index contributed by atoms with van der Waals surface area (Å²) in [5, 5.41) is 3.21. The van der Waals surface area contributed by atoms with E-state index in [9.17, 15) is 9.59 Å². The highest BCUT2D eigenvalue weighted by Gasteiger charge is 2.39. The summed E-state index contributed by atoms with van der Waals surface area (Å²) in [6, 6.07) is 7.67. The van der Waals surface area contributed by atoms with Gasteiger partial charge in [0, 0.05) is 6.04 Å². The van der Waals surface area contributed by atoms with Gasteiger partial charge in [-0.1, -0.05) is 49.9 Å². The first-order chi connectivity index (χ1) is 11.1. The number of anilines is 1. The van der Waals surface area contributed by atoms with E-state index in [1.807, 2.05) is 12.1 Å². The predicted molar refractivity (Wildman–Crippen MR) is 91.2 cm³/mol. The molecule has 1 aliphatic carbocycles. The van der Waals surface area contributed by atoms with Gasteiger partial charge < -0.3 is 5.32 Å². The van der Waals surface area contributed by atoms with Crippen molar-refractivity contribution >= 4 is 29.1 Å². The van der Waals surface area contributed by atoms with Crippen molar-refractivity contribution in [2.24, 2.45) is 0 Å². The Labute approximate surface area is 141 Å². The molecule has 122 valence electrons. The van der Waals surface area contributed by atoms with Crippen LogP contribution in [0.4, 0.5) is 5.69 Å². The number of imide groups is 1. The van der Waals surface area contributed by atoms with Gasteiger partial charge in [0.1, 0.15) is 10.7 Å². The lowest BCUT2D eigenvalue weighted by Gasteiger charge is -2.24. The number of hydrogen-bond donors (Lipinski definition) is 1. The van der Waals surface area contributed by atoms with Crippen molar-refractivity contribution in [3.8, 4) is 0 Å². The van der Waals surface area contributed by atoms with Gasteiger partial charge in [-0.05, 0) is 37.0 Å². The van der Waals surface area contributed by atoms with Crippen LogP contribution in [0.3, 0.4) is 0 Å². The lowest BCUT2D eigenvalue weighted by atomic mass is 9.95. The molecule has 1 heterocycles. The molecule has 0 bridgehead atoms. The van der Waals surface area contributed by atoms with Crippen molar-refractivity contribution in [1.82, 2.24) is 5.32 Å². The molecule has 1 aromatic rings. The second-order valence-corrected chi connectivity index (χ2v) is 6.51. The summed E-state index contributed by atoms with van der Waals surface area (Å²) in [5.41, 5.74) is 1.98. The third-order valence-electron chi connectivity index (χ3n) is 4.58. The number of benzene rings is 1. The first-order valence-corrected chi connectivity index (χ1v) is 8.63. The van der Waals surface area contributed by atoms with Gasteiger partial charge in [-0.3, -0.25) is 9.59 Å². The fraction of sp³-hybridized carbons (Fsp3) is 0.444. The van der Waals surface area contributed by atoms with Crippen LogP contribution in [0.2, 0.25) is 0 Å². The summed E-state index contributed by atoms with van der Waals surface area (Å²) >= 11 is 6.15. The number of carbonyl (C=O) groups is 2. The van der Waals surface area contributed by atoms with Crippen molar-refractivity contribution in [2.75, 3.05) is 4.90 Å². The van der Waals surface area contributed by atoms with Gasteiger partial charge in [0.15, 0.2) is 0 Å². The van der Waals surface area contributed by atoms with Crippen LogP contribution in [0.1, 0.15) is 44.6 Å². The largest absolute Gasteiger partial charge is 0.376 e. The fourth-order valence-electron chi connectivity index (χ4n) is 3.19. The van der Waals surface area contributed by atoms with Crippen LogP contribution in [0.15, 0.2) is 35.0 Å². The van der Waals surface area contributed by atoms with Gasteiger partial charge in [0.05, 0.1) is 5.69 Å². The molecule has 0 aromatic heterocycles. The van der Waals surface area contributed by atoms with E-state index in [4.69, 9.17) is 11.6 Å². The van der Waals surface area contributed by atoms with Crippen LogP contribution in [-0.4, -0.2) is 17.9 Å². The van der Waals surface area contributed by atoms with Gasteiger partial charge >= 0.3 is 0 Å². The average Bonchev–Trinajstić information content (AvgIpc) is 2.80. The van der Waals surface area contributed by atoms with Gasteiger partial charge in [0.25, 0.3) is 11.8 Å². The second kappa shape index (κ2) is 6.75. The number of nitrogens with one attached hydrogen (secondary N) is 1. The zero-order valence-corrected chi connectivity index (χ0v) is 14.0. The Morgan fingerprint density at radius 3 is 2.35 bits per heavy atom. The second-order valence-electron chi connectivity index (χ2n) is 6.13. The number of carbonyl (C=O) groups excluding carboxylic acids is 2. The fourth-order valence-corrected chi connectivity index (χ4v) is 3.41. The van der Waals surface area contributed by atoms with Crippen LogP contribution < -0.4 is 10.2 Å². The Hall–Kier alpha value is -1.81. The molecule has 0 spiro atoms. The number of rotatable bonds is 4. The third kappa shape index (κ3) is 3.13. The summed E-state index contributed by atoms with van der Waals surface area (Å²) in [6.45, 7) is 2.06. The average molecular weight is 333 g/mol. The molecule has 0 atom stereocenters. The van der Waals surface area contributed by atoms with E-state index in [1.54, 1.807) is 12.1 Å². The highest BCUT2D eigenvalue weighted by Crippen LogP contribution is 2.29. The Morgan fingerprint density at radius 2 is 1.74 bits per heavy atom. The maximum atomic E-state index is 12.7. The van der Waals surface area contributed by atoms with Gasteiger partial charge in [-0.2, -0.15) is 0 Å². The minimum atomic E-state index is -0.445. The van der Waals surface area contributed by atoms with E-state index in [0.29, 0.717) is 5.69 Å². The number of halogens is 1. The highest BCUT2D eigenvalue weighted by molar-refractivity contribution is 6.52. The molecule has 23 heavy (non-hydrogen) atoms. The summed E-state index contributed by atoms with van der Waals surface area (Å²) in [7, 11) is 0. The van der Waals surface area contributed by atoms with Gasteiger partial charge in [-0.15, -0.1) is 0 Å². The Morgan fingerprint density at radius 1 is 1.09 bits per heavy atom. The molecule has 1 fully saturated rings. The van der Waals surface area contributed by atoms with Crippen LogP contribution in [0, 0.1) is 0 Å². The summed E-state index contributed by atoms with van der Waals surface area (Å²) < 4.78 is 0. The third-order valence-corrected chi connectivity index (χ3v) is 4.93. The number of aryl methyl sites for hydroxylation is 1. The zero-order chi connectivity index (χ0) is 16.4. The minimum absolute atomic E-state index is 0.000131. The van der Waals surface area contributed by atoms with E-state index in [2.05, 4.69) is 12.2 Å². The van der Waals surface area contributed by atoms with E-state index < -0.39 is 5.91 Å². The summed E-state index contributed by atoms with van der Waals surface area (Å²) in [5.74, 6) is -0.797. The normalized spacial score (nSPS) is 19.7. The molecule has 1 saturated carbocycles. The molecular formula is C18H21ClN2O2. The van der Waals surface area contributed by atoms with Crippen molar-refractivity contribution in [3.63, 3.8) is 0 Å². The van der Waals surface area contributed by atoms with Crippen molar-refractivity contribution in [3.05, 3.63) is 40.6 Å². The highest BCUT2D eigenvalue weighted by atomic mass is 35.5. The standard InChI is InChI=1S/C18H21ClN2O2/c1-2-12-8-10-14(11-9-12)21-17(22)15(19)16(18(21)23)20-13-6-4-3-5-7-13/h8-11,13,20H,2-7H2,1H3. The first kappa shape index (κ1) is 16.1. The molecule has 2 aliphatic rings. The molecule has 4 nitrogen and oxygen atoms in total. The molecule has 0 radical (unpaired) electrons. The minimum Gasteiger partial charge on any atom is -0.376 e. The molecule has 1 N–H and O–H groups in total. The number of nitrogens with zero attached hydrogens (tertiary/aromatic N) is 1. The number of amides is 2. The molecular weight excluding hydrogens is 312 g/mol. The van der Waals surface area contributed by atoms with E-state index in [0.717, 1.165) is 42.6 Å². The zero-order valence-electron chi connectivity index (χ0n) is 13.3. The van der Waals surface area contributed by atoms with Crippen molar-refractivity contribution < 1.29 is 9.59 Å². The Kier molecular flexibility index (Phi) is 4.71. The molecule has 1 aromatic carbocycles. The maximum absolute atomic E-state index is 12.7. The van der Waals surface area contributed by atoms with E-state index in [1.165, 1.54) is 6.42 Å². The van der Waals surface area contributed by atoms with E-state index in [-0.39, 0.29) is 22.7 Å². The molecule has 3 rings (SSSR count). The van der Waals surface area contributed by atoms with Gasteiger partial charge in [0.2, 0.25) is 0 Å². The Balaban J connectivity index is 1.80. The van der Waals surface area contributed by atoms with E-state index >= 15 is 0 Å². The van der Waals surface area contributed by atoms with Crippen molar-refractivity contribution in [2.45, 2.75) is 51.5 Å². The predicted octanol–water partition coefficient (Wildman–Crippen LogP) is 3.49. The van der Waals surface area contributed by atoms with Crippen LogP contribution in [0.5, 0.6) is 0 Å². The number of hydrogen-bond acceptors (Lipinski definition) is 3. The quantitative estimate of drug-likeness (QED) is 0.859. The lowest BCUT2D eigenvalue weighted by Crippen LogP contribution is -2.37. The molecule has 2 amide bonds. The molecule has 1 aliphatic heterocycles. The molecule has 5 heteroatoms. The maximum Gasteiger partial charge on any atom is 0.283 e. The Bertz CT molecular complexity index is 645. The molecule has 0 saturated heterocycles. The lowest BCUT2D eigenvalue weighted by molar-refractivity contribution is -0.120. The van der Waals surface area contributed by atoms with Crippen LogP contribution in [0.25, 0.3) is 0 Å². The smallest absolute Gasteiger partial charge is 0.283 e. The van der Waals surface area contributed by atoms with Gasteiger partial charge in [-0.25, -0.2) is 4.90 Å². The summed E-state index contributed by atoms with van der Waals surface area (Å²) in [6.07, 6.45) is 6.46.